The summed E-state index contributed by atoms with van der Waals surface area (Å²) in [4.78, 5) is 24.4. The summed E-state index contributed by atoms with van der Waals surface area (Å²) in [5.74, 6) is -0.128. The van der Waals surface area contributed by atoms with Crippen LogP contribution in [0.5, 0.6) is 0 Å². The normalized spacial score (nSPS) is 27.9. The van der Waals surface area contributed by atoms with E-state index in [0.717, 1.165) is 12.8 Å². The van der Waals surface area contributed by atoms with Crippen LogP contribution in [0.2, 0.25) is 0 Å². The van der Waals surface area contributed by atoms with E-state index in [2.05, 4.69) is 10.6 Å². The summed E-state index contributed by atoms with van der Waals surface area (Å²) in [5, 5.41) is 15.0. The molecule has 0 radical (unpaired) electrons. The number of aliphatic hydroxyl groups is 1. The van der Waals surface area contributed by atoms with Gasteiger partial charge in [-0.25, -0.2) is 4.79 Å². The third kappa shape index (κ3) is 5.92. The van der Waals surface area contributed by atoms with E-state index in [4.69, 9.17) is 14.2 Å². The second-order valence-corrected chi connectivity index (χ2v) is 6.73. The first-order valence-corrected chi connectivity index (χ1v) is 8.60. The molecule has 0 aromatic rings. The van der Waals surface area contributed by atoms with Crippen molar-refractivity contribution in [3.05, 3.63) is 0 Å². The van der Waals surface area contributed by atoms with Gasteiger partial charge in [-0.3, -0.25) is 4.79 Å². The average molecular weight is 344 g/mol. The Kier molecular flexibility index (Phi) is 7.26. The minimum Gasteiger partial charge on any atom is -0.447 e. The van der Waals surface area contributed by atoms with Crippen molar-refractivity contribution < 1.29 is 28.9 Å². The van der Waals surface area contributed by atoms with Gasteiger partial charge in [-0.1, -0.05) is 13.8 Å². The van der Waals surface area contributed by atoms with Crippen LogP contribution in [0, 0.1) is 5.92 Å². The zero-order valence-corrected chi connectivity index (χ0v) is 14.3. The third-order valence-corrected chi connectivity index (χ3v) is 4.13. The summed E-state index contributed by atoms with van der Waals surface area (Å²) < 4.78 is 15.6. The number of aliphatic hydroxyl groups excluding tert-OH is 1. The Labute approximate surface area is 142 Å². The molecule has 0 spiro atoms. The fourth-order valence-electron chi connectivity index (χ4n) is 2.83. The molecule has 3 N–H and O–H groups in total. The van der Waals surface area contributed by atoms with Gasteiger partial charge in [0, 0.05) is 6.61 Å². The average Bonchev–Trinajstić information content (AvgIpc) is 3.16. The van der Waals surface area contributed by atoms with E-state index < -0.39 is 24.5 Å². The molecule has 2 amide bonds. The number of hydrogen-bond acceptors (Lipinski definition) is 6. The lowest BCUT2D eigenvalue weighted by atomic mass is 10.0. The molecule has 2 aliphatic rings. The van der Waals surface area contributed by atoms with E-state index in [9.17, 15) is 14.7 Å². The molecule has 0 aromatic carbocycles. The van der Waals surface area contributed by atoms with Gasteiger partial charge in [-0.15, -0.1) is 0 Å². The molecule has 0 aliphatic carbocycles. The van der Waals surface area contributed by atoms with Crippen LogP contribution >= 0.6 is 0 Å². The van der Waals surface area contributed by atoms with Crippen molar-refractivity contribution >= 4 is 12.0 Å². The SMILES string of the molecule is CC(C)CC(NC(=O)OC[C@@H]1CCCO1)C(=O)N[C@H]1CCOC1O. The van der Waals surface area contributed by atoms with Gasteiger partial charge in [0.1, 0.15) is 12.6 Å². The minimum atomic E-state index is -1.000. The summed E-state index contributed by atoms with van der Waals surface area (Å²) in [5.41, 5.74) is 0. The maximum absolute atomic E-state index is 12.4. The zero-order valence-electron chi connectivity index (χ0n) is 14.3. The predicted octanol–water partition coefficient (Wildman–Crippen LogP) is 0.530. The van der Waals surface area contributed by atoms with Crippen molar-refractivity contribution in [3.63, 3.8) is 0 Å². The van der Waals surface area contributed by atoms with Gasteiger partial charge >= 0.3 is 6.09 Å². The Bertz CT molecular complexity index is 425. The Morgan fingerprint density at radius 1 is 1.25 bits per heavy atom. The van der Waals surface area contributed by atoms with Gasteiger partial charge in [0.05, 0.1) is 18.8 Å². The van der Waals surface area contributed by atoms with Crippen LogP contribution in [0.3, 0.4) is 0 Å². The molecule has 8 nitrogen and oxygen atoms in total. The summed E-state index contributed by atoms with van der Waals surface area (Å²) in [7, 11) is 0. The van der Waals surface area contributed by atoms with E-state index >= 15 is 0 Å². The van der Waals surface area contributed by atoms with E-state index in [0.29, 0.717) is 26.1 Å². The maximum Gasteiger partial charge on any atom is 0.407 e. The van der Waals surface area contributed by atoms with Crippen molar-refractivity contribution in [3.8, 4) is 0 Å². The Morgan fingerprint density at radius 2 is 2.04 bits per heavy atom. The lowest BCUT2D eigenvalue weighted by molar-refractivity contribution is -0.127. The molecule has 4 atom stereocenters. The summed E-state index contributed by atoms with van der Waals surface area (Å²) in [6.45, 7) is 5.22. The number of carbonyl (C=O) groups excluding carboxylic acids is 2. The van der Waals surface area contributed by atoms with Crippen LogP contribution in [-0.2, 0) is 19.0 Å². The number of nitrogens with one attached hydrogen (secondary N) is 2. The maximum atomic E-state index is 12.4. The van der Waals surface area contributed by atoms with Gasteiger partial charge in [-0.2, -0.15) is 0 Å². The molecule has 2 aliphatic heterocycles. The first-order valence-electron chi connectivity index (χ1n) is 8.60. The van der Waals surface area contributed by atoms with Crippen molar-refractivity contribution in [1.29, 1.82) is 0 Å². The van der Waals surface area contributed by atoms with Crippen molar-refractivity contribution in [1.82, 2.24) is 10.6 Å². The molecule has 0 bridgehead atoms. The lowest BCUT2D eigenvalue weighted by Crippen LogP contribution is -2.52. The van der Waals surface area contributed by atoms with Crippen LogP contribution in [0.4, 0.5) is 4.79 Å². The highest BCUT2D eigenvalue weighted by molar-refractivity contribution is 5.85. The smallest absolute Gasteiger partial charge is 0.407 e. The molecule has 0 saturated carbocycles. The Hall–Kier alpha value is -1.38. The van der Waals surface area contributed by atoms with Crippen LogP contribution in [-0.4, -0.2) is 61.4 Å². The molecule has 8 heteroatoms. The predicted molar refractivity (Wildman–Crippen MR) is 85.2 cm³/mol. The number of amides is 2. The number of alkyl carbamates (subject to hydrolysis) is 1. The van der Waals surface area contributed by atoms with Crippen LogP contribution in [0.25, 0.3) is 0 Å². The summed E-state index contributed by atoms with van der Waals surface area (Å²) in [6, 6.07) is -1.16. The van der Waals surface area contributed by atoms with Crippen molar-refractivity contribution in [2.24, 2.45) is 5.92 Å². The molecule has 2 saturated heterocycles. The topological polar surface area (TPSA) is 106 Å². The lowest BCUT2D eigenvalue weighted by Gasteiger charge is -2.23. The number of rotatable bonds is 7. The fourth-order valence-corrected chi connectivity index (χ4v) is 2.83. The van der Waals surface area contributed by atoms with Crippen molar-refractivity contribution in [2.45, 2.75) is 64.0 Å². The molecule has 2 fully saturated rings. The molecular weight excluding hydrogens is 316 g/mol. The largest absolute Gasteiger partial charge is 0.447 e. The first-order chi connectivity index (χ1) is 11.5. The second kappa shape index (κ2) is 9.19. The summed E-state index contributed by atoms with van der Waals surface area (Å²) in [6.07, 6.45) is 1.19. The molecule has 2 rings (SSSR count). The highest BCUT2D eigenvalue weighted by Gasteiger charge is 2.31. The second-order valence-electron chi connectivity index (χ2n) is 6.73. The van der Waals surface area contributed by atoms with E-state index in [-0.39, 0.29) is 24.5 Å². The number of carbonyl (C=O) groups is 2. The van der Waals surface area contributed by atoms with Crippen LogP contribution < -0.4 is 10.6 Å². The zero-order chi connectivity index (χ0) is 17.5. The van der Waals surface area contributed by atoms with Crippen LogP contribution in [0.1, 0.15) is 39.5 Å². The summed E-state index contributed by atoms with van der Waals surface area (Å²) >= 11 is 0. The fraction of sp³-hybridized carbons (Fsp3) is 0.875. The highest BCUT2D eigenvalue weighted by atomic mass is 16.6. The van der Waals surface area contributed by atoms with Gasteiger partial charge in [0.2, 0.25) is 5.91 Å². The molecule has 24 heavy (non-hydrogen) atoms. The molecular formula is C16H28N2O6. The standard InChI is InChI=1S/C16H28N2O6/c1-10(2)8-13(14(19)17-12-5-7-23-15(12)20)18-16(21)24-9-11-4-3-6-22-11/h10-13,15,20H,3-9H2,1-2H3,(H,17,19)(H,18,21)/t11-,12-,13?,15?/m0/s1. The monoisotopic (exact) mass is 344 g/mol. The first kappa shape index (κ1) is 19.0. The molecule has 2 heterocycles. The molecule has 0 aromatic heterocycles. The Balaban J connectivity index is 1.81. The van der Waals surface area contributed by atoms with Crippen molar-refractivity contribution in [2.75, 3.05) is 19.8 Å². The third-order valence-electron chi connectivity index (χ3n) is 4.13. The minimum absolute atomic E-state index is 0.0566. The Morgan fingerprint density at radius 3 is 2.62 bits per heavy atom. The van der Waals surface area contributed by atoms with Gasteiger partial charge in [-0.05, 0) is 31.6 Å². The van der Waals surface area contributed by atoms with Gasteiger partial charge in [0.25, 0.3) is 0 Å². The molecule has 2 unspecified atom stereocenters. The molecule has 138 valence electrons. The van der Waals surface area contributed by atoms with E-state index in [1.165, 1.54) is 0 Å². The van der Waals surface area contributed by atoms with Gasteiger partial charge < -0.3 is 30.0 Å². The number of ether oxygens (including phenoxy) is 3. The highest BCUT2D eigenvalue weighted by Crippen LogP contribution is 2.14. The number of hydrogen-bond donors (Lipinski definition) is 3. The van der Waals surface area contributed by atoms with E-state index in [1.807, 2.05) is 13.8 Å². The van der Waals surface area contributed by atoms with E-state index in [1.54, 1.807) is 0 Å². The van der Waals surface area contributed by atoms with Crippen LogP contribution in [0.15, 0.2) is 0 Å². The van der Waals surface area contributed by atoms with Gasteiger partial charge in [0.15, 0.2) is 6.29 Å². The quantitative estimate of drug-likeness (QED) is 0.622.